The summed E-state index contributed by atoms with van der Waals surface area (Å²) in [5.41, 5.74) is 1.50. The zero-order valence-corrected chi connectivity index (χ0v) is 20.6. The summed E-state index contributed by atoms with van der Waals surface area (Å²) in [5.74, 6) is -0.0800. The van der Waals surface area contributed by atoms with Crippen LogP contribution in [0.2, 0.25) is 0 Å². The molecule has 180 valence electrons. The number of carbonyl (C=O) groups is 1. The molecule has 33 heavy (non-hydrogen) atoms. The van der Waals surface area contributed by atoms with E-state index in [1.54, 1.807) is 23.5 Å². The Kier molecular flexibility index (Phi) is 8.40. The number of hydrogen-bond donors (Lipinski definition) is 1. The van der Waals surface area contributed by atoms with Gasteiger partial charge in [-0.05, 0) is 55.3 Å². The molecule has 1 N–H and O–H groups in total. The van der Waals surface area contributed by atoms with Crippen molar-refractivity contribution < 1.29 is 17.9 Å². The second kappa shape index (κ2) is 11.5. The van der Waals surface area contributed by atoms with E-state index >= 15 is 0 Å². The lowest BCUT2D eigenvalue weighted by atomic mass is 10.2. The van der Waals surface area contributed by atoms with Gasteiger partial charge in [-0.1, -0.05) is 18.9 Å². The highest BCUT2D eigenvalue weighted by molar-refractivity contribution is 7.89. The Balaban J connectivity index is 1.53. The minimum absolute atomic E-state index is 0.0800. The fourth-order valence-corrected chi connectivity index (χ4v) is 6.58. The topological polar surface area (TPSA) is 79.0 Å². The molecule has 2 saturated heterocycles. The molecule has 0 spiro atoms. The van der Waals surface area contributed by atoms with Crippen molar-refractivity contribution in [2.24, 2.45) is 0 Å². The minimum atomic E-state index is -3.64. The van der Waals surface area contributed by atoms with E-state index in [-0.39, 0.29) is 10.8 Å². The summed E-state index contributed by atoms with van der Waals surface area (Å²) in [5, 5.41) is 5.08. The smallest absolute Gasteiger partial charge is 0.243 e. The number of morpholine rings is 1. The molecule has 0 saturated carbocycles. The van der Waals surface area contributed by atoms with Crippen LogP contribution in [-0.2, 0) is 26.0 Å². The predicted molar refractivity (Wildman–Crippen MR) is 133 cm³/mol. The Morgan fingerprint density at radius 2 is 1.79 bits per heavy atom. The maximum absolute atomic E-state index is 13.2. The van der Waals surface area contributed by atoms with Gasteiger partial charge < -0.3 is 15.0 Å². The third-order valence-electron chi connectivity index (χ3n) is 6.20. The van der Waals surface area contributed by atoms with Crippen LogP contribution in [0.15, 0.2) is 40.6 Å². The van der Waals surface area contributed by atoms with E-state index in [1.165, 1.54) is 22.0 Å². The Morgan fingerprint density at radius 1 is 1.03 bits per heavy atom. The van der Waals surface area contributed by atoms with Gasteiger partial charge in [-0.3, -0.25) is 4.79 Å². The van der Waals surface area contributed by atoms with Crippen molar-refractivity contribution in [1.29, 1.82) is 0 Å². The van der Waals surface area contributed by atoms with Gasteiger partial charge in [0.25, 0.3) is 0 Å². The first kappa shape index (κ1) is 24.2. The zero-order chi connectivity index (χ0) is 23.1. The third-order valence-corrected chi connectivity index (χ3v) is 9.03. The first-order chi connectivity index (χ1) is 16.0. The number of anilines is 2. The summed E-state index contributed by atoms with van der Waals surface area (Å²) < 4.78 is 33.2. The van der Waals surface area contributed by atoms with Gasteiger partial charge in [0, 0.05) is 37.5 Å². The second-order valence-electron chi connectivity index (χ2n) is 8.58. The molecule has 2 aromatic rings. The molecule has 7 nitrogen and oxygen atoms in total. The molecule has 0 unspecified atom stereocenters. The molecule has 3 heterocycles. The number of carbonyl (C=O) groups excluding carboxylic acids is 1. The van der Waals surface area contributed by atoms with Crippen LogP contribution in [0.4, 0.5) is 11.4 Å². The monoisotopic (exact) mass is 491 g/mol. The van der Waals surface area contributed by atoms with E-state index in [9.17, 15) is 13.2 Å². The van der Waals surface area contributed by atoms with Gasteiger partial charge in [0.15, 0.2) is 0 Å². The molecule has 9 heteroatoms. The van der Waals surface area contributed by atoms with Crippen LogP contribution in [0.25, 0.3) is 0 Å². The average Bonchev–Trinajstić information content (AvgIpc) is 3.20. The lowest BCUT2D eigenvalue weighted by Crippen LogP contribution is -2.40. The van der Waals surface area contributed by atoms with Crippen molar-refractivity contribution in [3.8, 4) is 0 Å². The van der Waals surface area contributed by atoms with Crippen LogP contribution in [0.1, 0.15) is 43.4 Å². The highest BCUT2D eigenvalue weighted by atomic mass is 32.2. The van der Waals surface area contributed by atoms with E-state index in [0.29, 0.717) is 38.4 Å². The van der Waals surface area contributed by atoms with Gasteiger partial charge >= 0.3 is 0 Å². The summed E-state index contributed by atoms with van der Waals surface area (Å²) in [6, 6.07) is 9.29. The Morgan fingerprint density at radius 3 is 2.48 bits per heavy atom. The quantitative estimate of drug-likeness (QED) is 0.601. The number of ether oxygens (including phenoxy) is 1. The number of thiophene rings is 1. The largest absolute Gasteiger partial charge is 0.379 e. The molecule has 1 aromatic carbocycles. The first-order valence-electron chi connectivity index (χ1n) is 11.8. The van der Waals surface area contributed by atoms with Crippen molar-refractivity contribution in [3.05, 3.63) is 40.6 Å². The summed E-state index contributed by atoms with van der Waals surface area (Å²) in [4.78, 5) is 16.6. The van der Waals surface area contributed by atoms with E-state index < -0.39 is 10.0 Å². The number of rotatable bonds is 8. The third kappa shape index (κ3) is 6.35. The summed E-state index contributed by atoms with van der Waals surface area (Å²) in [6.07, 6.45) is 6.63. The second-order valence-corrected chi connectivity index (χ2v) is 11.5. The maximum Gasteiger partial charge on any atom is 0.243 e. The number of hydrogen-bond acceptors (Lipinski definition) is 6. The number of benzene rings is 1. The Bertz CT molecular complexity index is 1010. The van der Waals surface area contributed by atoms with Gasteiger partial charge in [-0.2, -0.15) is 4.31 Å². The normalized spacial score (nSPS) is 18.1. The highest BCUT2D eigenvalue weighted by Crippen LogP contribution is 2.32. The first-order valence-corrected chi connectivity index (χ1v) is 14.2. The van der Waals surface area contributed by atoms with Crippen LogP contribution in [-0.4, -0.2) is 58.0 Å². The number of sulfonamides is 1. The van der Waals surface area contributed by atoms with E-state index in [2.05, 4.69) is 16.3 Å². The van der Waals surface area contributed by atoms with Crippen LogP contribution in [0, 0.1) is 0 Å². The van der Waals surface area contributed by atoms with E-state index in [1.807, 2.05) is 17.5 Å². The molecule has 2 aliphatic rings. The number of aryl methyl sites for hydroxylation is 1. The van der Waals surface area contributed by atoms with Crippen molar-refractivity contribution in [3.63, 3.8) is 0 Å². The number of nitrogens with zero attached hydrogens (tertiary/aromatic N) is 2. The standard InChI is InChI=1S/C24H33N3O4S2/c28-24(9-5-7-20-8-6-18-32-20)25-22-19-21(33(29,30)27-14-16-31-17-15-27)10-11-23(22)26-12-3-1-2-4-13-26/h6,8,10-11,18-19H,1-5,7,9,12-17H2,(H,25,28). The molecule has 2 fully saturated rings. The average molecular weight is 492 g/mol. The van der Waals surface area contributed by atoms with E-state index in [4.69, 9.17) is 4.74 Å². The van der Waals surface area contributed by atoms with Crippen molar-refractivity contribution in [2.75, 3.05) is 49.6 Å². The number of nitrogens with one attached hydrogen (secondary N) is 1. The summed E-state index contributed by atoms with van der Waals surface area (Å²) >= 11 is 1.70. The predicted octanol–water partition coefficient (Wildman–Crippen LogP) is 4.11. The molecule has 0 bridgehead atoms. The van der Waals surface area contributed by atoms with Crippen LogP contribution in [0.5, 0.6) is 0 Å². The van der Waals surface area contributed by atoms with Crippen molar-refractivity contribution in [2.45, 2.75) is 49.8 Å². The Hall–Kier alpha value is -1.94. The van der Waals surface area contributed by atoms with Crippen LogP contribution in [0.3, 0.4) is 0 Å². The van der Waals surface area contributed by atoms with Crippen LogP contribution >= 0.6 is 11.3 Å². The molecule has 2 aliphatic heterocycles. The highest BCUT2D eigenvalue weighted by Gasteiger charge is 2.28. The maximum atomic E-state index is 13.2. The van der Waals surface area contributed by atoms with Gasteiger partial charge in [0.2, 0.25) is 15.9 Å². The van der Waals surface area contributed by atoms with Crippen molar-refractivity contribution in [1.82, 2.24) is 4.31 Å². The zero-order valence-electron chi connectivity index (χ0n) is 19.0. The lowest BCUT2D eigenvalue weighted by molar-refractivity contribution is -0.116. The van der Waals surface area contributed by atoms with Gasteiger partial charge in [0.1, 0.15) is 0 Å². The molecule has 4 rings (SSSR count). The summed E-state index contributed by atoms with van der Waals surface area (Å²) in [6.45, 7) is 3.33. The molecular formula is C24H33N3O4S2. The molecule has 1 aromatic heterocycles. The Labute approximate surface area is 200 Å². The van der Waals surface area contributed by atoms with Crippen LogP contribution < -0.4 is 10.2 Å². The fraction of sp³-hybridized carbons (Fsp3) is 0.542. The molecular weight excluding hydrogens is 458 g/mol. The van der Waals surface area contributed by atoms with E-state index in [0.717, 1.165) is 44.5 Å². The minimum Gasteiger partial charge on any atom is -0.379 e. The SMILES string of the molecule is O=C(CCCc1cccs1)Nc1cc(S(=O)(=O)N2CCOCC2)ccc1N1CCCCCC1. The number of amides is 1. The lowest BCUT2D eigenvalue weighted by Gasteiger charge is -2.28. The molecule has 0 atom stereocenters. The van der Waals surface area contributed by atoms with Gasteiger partial charge in [0.05, 0.1) is 29.5 Å². The molecule has 0 aliphatic carbocycles. The molecule has 1 amide bonds. The van der Waals surface area contributed by atoms with Crippen molar-refractivity contribution >= 4 is 38.6 Å². The van der Waals surface area contributed by atoms with Gasteiger partial charge in [-0.15, -0.1) is 11.3 Å². The summed E-state index contributed by atoms with van der Waals surface area (Å²) in [7, 11) is -3.64. The fourth-order valence-electron chi connectivity index (χ4n) is 4.39. The molecule has 0 radical (unpaired) electrons. The van der Waals surface area contributed by atoms with Gasteiger partial charge in [-0.25, -0.2) is 8.42 Å².